The van der Waals surface area contributed by atoms with Gasteiger partial charge in [-0.1, -0.05) is 74.5 Å². The summed E-state index contributed by atoms with van der Waals surface area (Å²) in [6.45, 7) is 5.80. The van der Waals surface area contributed by atoms with Gasteiger partial charge in [0.15, 0.2) is 41.7 Å². The molecule has 0 aliphatic carbocycles. The van der Waals surface area contributed by atoms with Gasteiger partial charge in [0, 0.05) is 33.0 Å². The lowest BCUT2D eigenvalue weighted by Gasteiger charge is -2.28. The second-order valence-corrected chi connectivity index (χ2v) is 30.2. The van der Waals surface area contributed by atoms with Crippen LogP contribution in [0.2, 0.25) is 0 Å². The van der Waals surface area contributed by atoms with Gasteiger partial charge in [0.25, 0.3) is 0 Å². The van der Waals surface area contributed by atoms with E-state index in [1.54, 1.807) is 56.3 Å². The van der Waals surface area contributed by atoms with Crippen LogP contribution in [0.3, 0.4) is 0 Å². The third kappa shape index (κ3) is 44.6. The molecule has 0 saturated heterocycles. The van der Waals surface area contributed by atoms with Crippen molar-refractivity contribution >= 4 is 124 Å². The third-order valence-corrected chi connectivity index (χ3v) is 18.8. The van der Waals surface area contributed by atoms with Gasteiger partial charge in [-0.2, -0.15) is 0 Å². The van der Waals surface area contributed by atoms with E-state index in [4.69, 9.17) is 55.7 Å². The van der Waals surface area contributed by atoms with Crippen molar-refractivity contribution in [1.29, 1.82) is 27.0 Å². The fourth-order valence-electron chi connectivity index (χ4n) is 11.6. The number of amides is 1. The van der Waals surface area contributed by atoms with Gasteiger partial charge in [0.05, 0.1) is 25.2 Å². The van der Waals surface area contributed by atoms with Gasteiger partial charge in [0.2, 0.25) is 94.4 Å². The quantitative estimate of drug-likeness (QED) is 0.0247. The molecule has 2 rings (SSSR count). The first kappa shape index (κ1) is 112. The Morgan fingerprint density at radius 1 is 0.411 bits per heavy atom. The zero-order valence-electron chi connectivity index (χ0n) is 73.4. The van der Waals surface area contributed by atoms with Gasteiger partial charge in [-0.05, 0) is 141 Å². The number of rotatable bonds is 62. The SMILES string of the molecule is CC(C)CC(N=C(O)C(CCCCN)N=C(O)C(CCCNC(=N)N)N=C(O)C(C)N=C(O)C(CO)N=C(O)C(CCCCN)N=C(O)C(CCCNC(=N)N)N=C(O)C(C)N=C(O)CN=C(O)C(N=C(O)C(Cc1ccccc1)N=C(O)CN=C(O)CN=C(O)C(N)Cc1ccccc1)C(C)O)C(=O)N(C)C(C)C(O)=NC(CC(=N)O)C(O)=NC(CCC(=N)O)C(=N)O. The Kier molecular flexibility index (Phi) is 51.7. The van der Waals surface area contributed by atoms with Crippen molar-refractivity contribution in [3.8, 4) is 0 Å². The normalized spacial score (nSPS) is 17.4. The average molecular weight is 1820 g/mol. The molecule has 2 aromatic rings. The largest absolute Gasteiger partial charge is 0.497 e. The molecule has 2 aromatic carbocycles. The average Bonchev–Trinajstić information content (AvgIpc) is 0.830. The molecule has 15 atom stereocenters. The highest BCUT2D eigenvalue weighted by molar-refractivity contribution is 5.97. The van der Waals surface area contributed by atoms with Gasteiger partial charge in [-0.15, -0.1) is 0 Å². The van der Waals surface area contributed by atoms with E-state index in [0.717, 1.165) is 10.5 Å². The molecule has 0 radical (unpaired) electrons. The summed E-state index contributed by atoms with van der Waals surface area (Å²) < 4.78 is 0. The minimum atomic E-state index is -1.82. The number of aliphatic imine (C=N–C) groups is 15. The van der Waals surface area contributed by atoms with Gasteiger partial charge in [0.1, 0.15) is 86.1 Å². The van der Waals surface area contributed by atoms with E-state index >= 15 is 0 Å². The molecule has 129 heavy (non-hydrogen) atoms. The van der Waals surface area contributed by atoms with Crippen LogP contribution in [0.1, 0.15) is 143 Å². The van der Waals surface area contributed by atoms with Crippen LogP contribution in [-0.4, -0.2) is 381 Å². The van der Waals surface area contributed by atoms with E-state index in [9.17, 15) is 107 Å². The number of nitrogens with two attached hydrogens (primary N) is 5. The van der Waals surface area contributed by atoms with Gasteiger partial charge < -0.3 is 146 Å². The molecule has 1 amide bonds. The number of likely N-dealkylation sites (N-methyl/N-ethyl adjacent to an activating group) is 1. The number of carbonyl (C=O) groups is 1. The number of unbranched alkanes of at least 4 members (excludes halogenated alkanes) is 2. The lowest BCUT2D eigenvalue weighted by molar-refractivity contribution is -0.132. The summed E-state index contributed by atoms with van der Waals surface area (Å²) >= 11 is 0. The van der Waals surface area contributed by atoms with Crippen LogP contribution < -0.4 is 39.3 Å². The van der Waals surface area contributed by atoms with Crippen LogP contribution in [0.5, 0.6) is 0 Å². The summed E-state index contributed by atoms with van der Waals surface area (Å²) in [5.74, 6) is -17.1. The maximum atomic E-state index is 14.4. The lowest BCUT2D eigenvalue weighted by Crippen LogP contribution is -2.46. The van der Waals surface area contributed by atoms with Crippen molar-refractivity contribution in [2.45, 2.75) is 235 Å². The first-order valence-electron chi connectivity index (χ1n) is 41.4. The van der Waals surface area contributed by atoms with Crippen LogP contribution >= 0.6 is 0 Å². The molecule has 718 valence electrons. The first-order valence-corrected chi connectivity index (χ1v) is 41.4. The van der Waals surface area contributed by atoms with Crippen molar-refractivity contribution in [3.05, 3.63) is 71.8 Å². The number of nitrogens with zero attached hydrogens (tertiary/aromatic N) is 16. The predicted molar refractivity (Wildman–Crippen MR) is 500 cm³/mol. The Labute approximate surface area is 746 Å². The summed E-state index contributed by atoms with van der Waals surface area (Å²) in [6.07, 6.45) is -2.09. The van der Waals surface area contributed by atoms with Crippen molar-refractivity contribution in [2.24, 2.45) is 109 Å². The Balaban J connectivity index is 2.68. The van der Waals surface area contributed by atoms with E-state index < -0.39 is 247 Å². The van der Waals surface area contributed by atoms with Crippen LogP contribution in [0.15, 0.2) is 136 Å². The monoisotopic (exact) mass is 1820 g/mol. The summed E-state index contributed by atoms with van der Waals surface area (Å²) in [6, 6.07) is -3.28. The molecule has 15 unspecified atom stereocenters. The van der Waals surface area contributed by atoms with Gasteiger partial charge >= 0.3 is 0 Å². The van der Waals surface area contributed by atoms with Crippen LogP contribution in [-0.2, 0) is 17.6 Å². The molecular weight excluding hydrogens is 1690 g/mol. The van der Waals surface area contributed by atoms with Crippen molar-refractivity contribution in [3.63, 3.8) is 0 Å². The highest BCUT2D eigenvalue weighted by Crippen LogP contribution is 2.21. The maximum absolute atomic E-state index is 14.4. The number of hydrogen-bond acceptors (Lipinski definition) is 26. The third-order valence-electron chi connectivity index (χ3n) is 18.8. The smallest absolute Gasteiger partial charge is 0.247 e. The zero-order valence-corrected chi connectivity index (χ0v) is 73.4. The number of carbonyl (C=O) groups excluding carboxylic acids is 1. The molecular formula is C80H132N28O21. The first-order chi connectivity index (χ1) is 60.8. The highest BCUT2D eigenvalue weighted by atomic mass is 16.3. The maximum Gasteiger partial charge on any atom is 0.247 e. The molecule has 49 nitrogen and oxygen atoms in total. The van der Waals surface area contributed by atoms with E-state index in [1.807, 2.05) is 18.2 Å². The molecule has 0 heterocycles. The molecule has 0 spiro atoms. The van der Waals surface area contributed by atoms with Crippen LogP contribution in [0, 0.1) is 33.0 Å². The van der Waals surface area contributed by atoms with E-state index in [1.165, 1.54) is 34.7 Å². The van der Waals surface area contributed by atoms with Crippen molar-refractivity contribution in [2.75, 3.05) is 59.5 Å². The Morgan fingerprint density at radius 2 is 0.806 bits per heavy atom. The second kappa shape index (κ2) is 59.6. The molecule has 0 fully saturated rings. The summed E-state index contributed by atoms with van der Waals surface area (Å²) in [4.78, 5) is 76.5. The predicted octanol–water partition coefficient (Wildman–Crippen LogP) is 4.44. The Hall–Kier alpha value is -13.3. The molecule has 0 aromatic heterocycles. The van der Waals surface area contributed by atoms with Gasteiger partial charge in [-0.25, -0.2) is 74.9 Å². The van der Waals surface area contributed by atoms with E-state index in [2.05, 4.69) is 85.5 Å². The number of benzene rings is 2. The number of guanidine groups is 2. The van der Waals surface area contributed by atoms with E-state index in [-0.39, 0.29) is 116 Å². The molecule has 37 N–H and O–H groups in total. The van der Waals surface area contributed by atoms with Crippen molar-refractivity contribution < 1.29 is 107 Å². The fourth-order valence-corrected chi connectivity index (χ4v) is 11.6. The molecule has 0 aliphatic heterocycles. The summed E-state index contributed by atoms with van der Waals surface area (Å²) in [5, 5.41) is 262. The van der Waals surface area contributed by atoms with Gasteiger partial charge in [-0.3, -0.25) is 31.8 Å². The summed E-state index contributed by atoms with van der Waals surface area (Å²) in [5.41, 5.74) is 30.1. The Morgan fingerprint density at radius 3 is 1.26 bits per heavy atom. The molecule has 0 bridgehead atoms. The lowest BCUT2D eigenvalue weighted by atomic mass is 10.0. The zero-order chi connectivity index (χ0) is 97.2. The minimum Gasteiger partial charge on any atom is -0.497 e. The number of aliphatic hydroxyl groups is 20. The second-order valence-electron chi connectivity index (χ2n) is 30.2. The topological polar surface area (TPSA) is 884 Å². The molecule has 0 saturated carbocycles. The minimum absolute atomic E-state index is 0.0219. The number of nitrogens with one attached hydrogen (secondary N) is 7. The summed E-state index contributed by atoms with van der Waals surface area (Å²) in [7, 11) is 1.25. The van der Waals surface area contributed by atoms with Crippen LogP contribution in [0.25, 0.3) is 0 Å². The van der Waals surface area contributed by atoms with Crippen LogP contribution in [0.4, 0.5) is 0 Å². The number of aliphatic hydroxyl groups excluding tert-OH is 20. The molecule has 0 aliphatic rings. The Bertz CT molecular complexity index is 4370. The fraction of sp³-hybridized carbons (Fsp3) is 0.588. The number of hydrogen-bond donors (Lipinski definition) is 32. The standard InChI is InChI=1S/C80H132N28O21/c1-42(2)34-57(78(129)108(7)45(5)68(119)104-56(37-60(85)112)74(125)99-50(65(86)116)28-29-59(84)111)105-72(123)51(24-14-16-30-81)102-71(122)54(27-19-33-92-80(89)90)101-67(118)44(4)97-76(127)58(41-109)106-73(124)52(25-15-17-31-82)103-70(121)53(26-18-32-91-79(87)88)100-66(117)43(3)96-62(114)40-95-77(128)64(46(6)110)107-75(126)55(36-48-22-12-9-13-23-48)98-63(115)39-93-61(113)38-94-69(120)49(83)35-47-20-10-8-11-21-47/h8-13,20-23,42-46,49-58,64,109-110H,14-19,24-41,81-83H2,1-7H3,(H2,84,111)(H2,85,112)(H2,86,116)(H,93,113)(H,94,120)(H,95,128)(H,96,114)(H,97,127)(H,98,115)(H,99,125)(H,100,117)(H,101,118)(H,102,122)(H,103,121)(H,104,119)(H,105,123)(H,106,124)(H,107,126)(H4,87,88,91)(H4,89,90,92). The van der Waals surface area contributed by atoms with Crippen molar-refractivity contribution in [1.82, 2.24) is 15.5 Å². The molecule has 49 heteroatoms. The van der Waals surface area contributed by atoms with E-state index in [0.29, 0.717) is 18.4 Å². The highest BCUT2D eigenvalue weighted by Gasteiger charge is 2.34.